The van der Waals surface area contributed by atoms with Crippen LogP contribution in [0.4, 0.5) is 4.39 Å². The highest BCUT2D eigenvalue weighted by atomic mass is 35.5. The zero-order valence-corrected chi connectivity index (χ0v) is 14.0. The van der Waals surface area contributed by atoms with Crippen molar-refractivity contribution in [2.24, 2.45) is 13.0 Å². The molecule has 1 aromatic heterocycles. The Morgan fingerprint density at radius 3 is 2.88 bits per heavy atom. The van der Waals surface area contributed by atoms with Crippen LogP contribution in [0.5, 0.6) is 0 Å². The Morgan fingerprint density at radius 2 is 2.29 bits per heavy atom. The van der Waals surface area contributed by atoms with Crippen molar-refractivity contribution in [2.45, 2.75) is 31.4 Å². The number of nitrogens with zero attached hydrogens (tertiary/aromatic N) is 2. The average molecular weight is 352 g/mol. The Morgan fingerprint density at radius 1 is 1.54 bits per heavy atom. The van der Waals surface area contributed by atoms with Crippen LogP contribution in [0.1, 0.15) is 30.0 Å². The van der Waals surface area contributed by atoms with Crippen LogP contribution >= 0.6 is 11.6 Å². The summed E-state index contributed by atoms with van der Waals surface area (Å²) in [6.07, 6.45) is 4.65. The summed E-state index contributed by atoms with van der Waals surface area (Å²) in [5, 5.41) is 17.0. The molecule has 0 bridgehead atoms. The third-order valence-corrected chi connectivity index (χ3v) is 4.74. The van der Waals surface area contributed by atoms with Gasteiger partial charge in [0.1, 0.15) is 5.82 Å². The molecule has 0 aliphatic heterocycles. The van der Waals surface area contributed by atoms with Gasteiger partial charge >= 0.3 is 0 Å². The largest absolute Gasteiger partial charge is 0.393 e. The minimum absolute atomic E-state index is 0.0746. The Hall–Kier alpha value is -1.92. The number of carbonyl (C=O) groups excluding carboxylic acids is 1. The van der Waals surface area contributed by atoms with Crippen LogP contribution in [0.3, 0.4) is 0 Å². The number of carbonyl (C=O) groups is 1. The number of aromatic nitrogens is 2. The zero-order valence-electron chi connectivity index (χ0n) is 13.2. The number of hydrogen-bond donors (Lipinski definition) is 2. The molecule has 1 aliphatic carbocycles. The minimum atomic E-state index is -0.430. The van der Waals surface area contributed by atoms with E-state index in [2.05, 4.69) is 10.4 Å². The van der Waals surface area contributed by atoms with E-state index >= 15 is 0 Å². The molecule has 1 aliphatic rings. The molecule has 0 spiro atoms. The lowest BCUT2D eigenvalue weighted by atomic mass is 9.75. The second kappa shape index (κ2) is 6.91. The van der Waals surface area contributed by atoms with E-state index in [-0.39, 0.29) is 35.4 Å². The minimum Gasteiger partial charge on any atom is -0.393 e. The quantitative estimate of drug-likeness (QED) is 0.869. The lowest BCUT2D eigenvalue weighted by Crippen LogP contribution is -2.41. The molecular formula is C17H19ClFN3O2. The van der Waals surface area contributed by atoms with Crippen molar-refractivity contribution < 1.29 is 14.3 Å². The Balaban J connectivity index is 1.71. The van der Waals surface area contributed by atoms with Crippen molar-refractivity contribution in [3.05, 3.63) is 52.6 Å². The summed E-state index contributed by atoms with van der Waals surface area (Å²) in [7, 11) is 1.82. The van der Waals surface area contributed by atoms with E-state index in [1.165, 1.54) is 18.2 Å². The van der Waals surface area contributed by atoms with Crippen LogP contribution in [0.2, 0.25) is 5.02 Å². The van der Waals surface area contributed by atoms with Crippen LogP contribution in [-0.4, -0.2) is 26.9 Å². The molecule has 0 saturated heterocycles. The van der Waals surface area contributed by atoms with E-state index in [4.69, 9.17) is 11.6 Å². The standard InChI is InChI=1S/C17H19ClFN3O2/c1-22-9-12(8-20-22)17(11-4-14(23)5-11)21-16(24)6-10-2-3-13(19)7-15(10)18/h2-3,7-9,11,14,17,23H,4-6H2,1H3,(H,21,24)/t11?,14?,17-/m1/s1. The molecule has 24 heavy (non-hydrogen) atoms. The van der Waals surface area contributed by atoms with Crippen molar-refractivity contribution in [3.63, 3.8) is 0 Å². The molecule has 0 radical (unpaired) electrons. The summed E-state index contributed by atoms with van der Waals surface area (Å²) >= 11 is 5.98. The fourth-order valence-electron chi connectivity index (χ4n) is 3.04. The normalized spacial score (nSPS) is 21.2. The second-order valence-corrected chi connectivity index (χ2v) is 6.70. The molecular weight excluding hydrogens is 333 g/mol. The smallest absolute Gasteiger partial charge is 0.224 e. The number of nitrogens with one attached hydrogen (secondary N) is 1. The molecule has 1 amide bonds. The van der Waals surface area contributed by atoms with Crippen molar-refractivity contribution in [1.29, 1.82) is 0 Å². The summed E-state index contributed by atoms with van der Waals surface area (Å²) in [6.45, 7) is 0. The van der Waals surface area contributed by atoms with E-state index in [0.717, 1.165) is 5.56 Å². The highest BCUT2D eigenvalue weighted by molar-refractivity contribution is 6.31. The second-order valence-electron chi connectivity index (χ2n) is 6.29. The van der Waals surface area contributed by atoms with Gasteiger partial charge in [0.05, 0.1) is 24.8 Å². The molecule has 5 nitrogen and oxygen atoms in total. The third-order valence-electron chi connectivity index (χ3n) is 4.39. The van der Waals surface area contributed by atoms with E-state index in [9.17, 15) is 14.3 Å². The van der Waals surface area contributed by atoms with E-state index in [1.807, 2.05) is 13.2 Å². The van der Waals surface area contributed by atoms with Crippen molar-refractivity contribution in [2.75, 3.05) is 0 Å². The molecule has 0 unspecified atom stereocenters. The van der Waals surface area contributed by atoms with E-state index in [0.29, 0.717) is 18.4 Å². The van der Waals surface area contributed by atoms with Gasteiger partial charge in [-0.3, -0.25) is 9.48 Å². The van der Waals surface area contributed by atoms with Gasteiger partial charge in [-0.15, -0.1) is 0 Å². The van der Waals surface area contributed by atoms with Gasteiger partial charge in [0.15, 0.2) is 0 Å². The zero-order chi connectivity index (χ0) is 17.3. The summed E-state index contributed by atoms with van der Waals surface area (Å²) in [5.74, 6) is -0.448. The SMILES string of the molecule is Cn1cc([C@H](NC(=O)Cc2ccc(F)cc2Cl)C2CC(O)C2)cn1. The summed E-state index contributed by atoms with van der Waals surface area (Å²) in [5.41, 5.74) is 1.49. The number of benzene rings is 1. The molecule has 128 valence electrons. The lowest BCUT2D eigenvalue weighted by molar-refractivity contribution is -0.122. The number of halogens is 2. The average Bonchev–Trinajstić information content (AvgIpc) is 2.91. The van der Waals surface area contributed by atoms with Gasteiger partial charge in [0, 0.05) is 23.8 Å². The molecule has 1 saturated carbocycles. The molecule has 2 N–H and O–H groups in total. The first kappa shape index (κ1) is 16.9. The van der Waals surface area contributed by atoms with Gasteiger partial charge in [-0.1, -0.05) is 17.7 Å². The van der Waals surface area contributed by atoms with Gasteiger partial charge in [0.2, 0.25) is 5.91 Å². The number of rotatable bonds is 5. The van der Waals surface area contributed by atoms with Gasteiger partial charge in [-0.2, -0.15) is 5.10 Å². The topological polar surface area (TPSA) is 67.2 Å². The Kier molecular flexibility index (Phi) is 4.87. The van der Waals surface area contributed by atoms with Gasteiger partial charge in [0.25, 0.3) is 0 Å². The maximum absolute atomic E-state index is 13.1. The van der Waals surface area contributed by atoms with Crippen LogP contribution in [0.25, 0.3) is 0 Å². The molecule has 3 rings (SSSR count). The van der Waals surface area contributed by atoms with Crippen LogP contribution < -0.4 is 5.32 Å². The van der Waals surface area contributed by atoms with E-state index in [1.54, 1.807) is 10.9 Å². The Labute approximate surface area is 144 Å². The molecule has 7 heteroatoms. The van der Waals surface area contributed by atoms with Gasteiger partial charge in [-0.05, 0) is 36.5 Å². The summed E-state index contributed by atoms with van der Waals surface area (Å²) in [4.78, 5) is 12.4. The Bertz CT molecular complexity index is 743. The van der Waals surface area contributed by atoms with Crippen LogP contribution in [0, 0.1) is 11.7 Å². The predicted octanol–water partition coefficient (Wildman–Crippen LogP) is 2.38. The van der Waals surface area contributed by atoms with Crippen LogP contribution in [-0.2, 0) is 18.3 Å². The van der Waals surface area contributed by atoms with Gasteiger partial charge in [-0.25, -0.2) is 4.39 Å². The third kappa shape index (κ3) is 3.76. The monoisotopic (exact) mass is 351 g/mol. The van der Waals surface area contributed by atoms with E-state index < -0.39 is 5.82 Å². The first-order valence-corrected chi connectivity index (χ1v) is 8.20. The first-order valence-electron chi connectivity index (χ1n) is 7.82. The first-order chi connectivity index (χ1) is 11.4. The van der Waals surface area contributed by atoms with Crippen molar-refractivity contribution >= 4 is 17.5 Å². The fraction of sp³-hybridized carbons (Fsp3) is 0.412. The molecule has 1 heterocycles. The number of hydrogen-bond acceptors (Lipinski definition) is 3. The lowest BCUT2D eigenvalue weighted by Gasteiger charge is -2.37. The number of aliphatic hydroxyl groups excluding tert-OH is 1. The maximum Gasteiger partial charge on any atom is 0.224 e. The van der Waals surface area contributed by atoms with Crippen molar-refractivity contribution in [3.8, 4) is 0 Å². The number of amides is 1. The highest BCUT2D eigenvalue weighted by Gasteiger charge is 2.36. The fourth-order valence-corrected chi connectivity index (χ4v) is 3.27. The molecule has 1 fully saturated rings. The van der Waals surface area contributed by atoms with Crippen molar-refractivity contribution in [1.82, 2.24) is 15.1 Å². The van der Waals surface area contributed by atoms with Gasteiger partial charge < -0.3 is 10.4 Å². The maximum atomic E-state index is 13.1. The highest BCUT2D eigenvalue weighted by Crippen LogP contribution is 2.38. The van der Waals surface area contributed by atoms with Crippen LogP contribution in [0.15, 0.2) is 30.6 Å². The predicted molar refractivity (Wildman–Crippen MR) is 87.9 cm³/mol. The molecule has 1 aromatic carbocycles. The number of aryl methyl sites for hydroxylation is 1. The summed E-state index contributed by atoms with van der Waals surface area (Å²) < 4.78 is 14.8. The number of aliphatic hydroxyl groups is 1. The molecule has 1 atom stereocenters. The summed E-state index contributed by atoms with van der Waals surface area (Å²) in [6, 6.07) is 3.80. The molecule has 2 aromatic rings.